The fourth-order valence-electron chi connectivity index (χ4n) is 6.87. The number of hydrogen-bond donors (Lipinski definition) is 1. The molecule has 1 N–H and O–H groups in total. The summed E-state index contributed by atoms with van der Waals surface area (Å²) >= 11 is 0. The number of amides is 1. The molecule has 6 rings (SSSR count). The van der Waals surface area contributed by atoms with E-state index in [0.717, 1.165) is 69.4 Å². The van der Waals surface area contributed by atoms with Gasteiger partial charge in [0.05, 0.1) is 0 Å². The number of piperidine rings is 2. The molecule has 4 aliphatic rings. The van der Waals surface area contributed by atoms with E-state index in [4.69, 9.17) is 4.74 Å². The second-order valence-corrected chi connectivity index (χ2v) is 12.3. The summed E-state index contributed by atoms with van der Waals surface area (Å²) < 4.78 is 8.14. The lowest BCUT2D eigenvalue weighted by Gasteiger charge is -2.45. The minimum absolute atomic E-state index is 0.0499. The molecule has 0 atom stereocenters. The molecule has 1 amide bonds. The van der Waals surface area contributed by atoms with Crippen LogP contribution >= 0.6 is 0 Å². The van der Waals surface area contributed by atoms with Crippen LogP contribution in [0.5, 0.6) is 5.75 Å². The molecule has 210 valence electrons. The first-order valence-corrected chi connectivity index (χ1v) is 14.9. The number of allylic oxidation sites excluding steroid dienone is 1. The standard InChI is InChI=1S/C31H44N6O2/c1-23(2)32-29-11-18-37(33-29)30(38)35-19-13-31(14-20-35)12-4-15-36(31)22-25-6-5-24(3)21-28(25)39-27-9-16-34(17-10-27)26-7-8-26/h5-6,11,18,21,26-27H,1,4,7-10,12-17,19-20,22H2,2-3H3,(H,32,33). The summed E-state index contributed by atoms with van der Waals surface area (Å²) in [5.41, 5.74) is 3.52. The van der Waals surface area contributed by atoms with Gasteiger partial charge in [0, 0.05) is 67.8 Å². The van der Waals surface area contributed by atoms with Crippen molar-refractivity contribution >= 4 is 11.8 Å². The third kappa shape index (κ3) is 5.87. The zero-order valence-electron chi connectivity index (χ0n) is 23.7. The molecular formula is C31H44N6O2. The van der Waals surface area contributed by atoms with E-state index in [0.29, 0.717) is 11.9 Å². The third-order valence-electron chi connectivity index (χ3n) is 9.25. The minimum atomic E-state index is -0.0499. The Hall–Kier alpha value is -2.84. The number of benzene rings is 1. The lowest BCUT2D eigenvalue weighted by molar-refractivity contribution is 0.0562. The Morgan fingerprint density at radius 2 is 1.85 bits per heavy atom. The lowest BCUT2D eigenvalue weighted by Crippen LogP contribution is -2.53. The molecule has 2 aromatic rings. The number of rotatable bonds is 7. The first kappa shape index (κ1) is 26.4. The van der Waals surface area contributed by atoms with Crippen LogP contribution in [0, 0.1) is 6.92 Å². The van der Waals surface area contributed by atoms with Gasteiger partial charge in [-0.25, -0.2) is 4.79 Å². The van der Waals surface area contributed by atoms with Gasteiger partial charge in [0.15, 0.2) is 5.82 Å². The fraction of sp³-hybridized carbons (Fsp3) is 0.613. The fourth-order valence-corrected chi connectivity index (χ4v) is 6.87. The van der Waals surface area contributed by atoms with E-state index in [9.17, 15) is 4.79 Å². The maximum absolute atomic E-state index is 13.1. The maximum atomic E-state index is 13.1. The first-order chi connectivity index (χ1) is 18.9. The normalized spacial score (nSPS) is 22.4. The monoisotopic (exact) mass is 532 g/mol. The summed E-state index contributed by atoms with van der Waals surface area (Å²) in [5, 5.41) is 7.47. The van der Waals surface area contributed by atoms with Gasteiger partial charge in [-0.2, -0.15) is 4.68 Å². The van der Waals surface area contributed by atoms with E-state index in [2.05, 4.69) is 51.9 Å². The number of carbonyl (C=O) groups excluding carboxylic acids is 1. The van der Waals surface area contributed by atoms with E-state index in [1.165, 1.54) is 54.6 Å². The SMILES string of the molecule is C=C(C)Nc1ccn(C(=O)N2CCC3(CCCN3Cc3ccc(C)cc3OC3CCN(C4CC4)CC3)CC2)n1. The number of carbonyl (C=O) groups is 1. The van der Waals surface area contributed by atoms with Gasteiger partial charge in [0.1, 0.15) is 11.9 Å². The Labute approximate surface area is 233 Å². The van der Waals surface area contributed by atoms with Crippen molar-refractivity contribution in [3.8, 4) is 5.75 Å². The molecule has 4 heterocycles. The van der Waals surface area contributed by atoms with Crippen LogP contribution in [0.2, 0.25) is 0 Å². The summed E-state index contributed by atoms with van der Waals surface area (Å²) in [6.07, 6.45) is 11.5. The van der Waals surface area contributed by atoms with Crippen molar-refractivity contribution in [2.45, 2.75) is 89.4 Å². The van der Waals surface area contributed by atoms with Gasteiger partial charge in [0.25, 0.3) is 0 Å². The summed E-state index contributed by atoms with van der Waals surface area (Å²) in [7, 11) is 0. The molecule has 0 bridgehead atoms. The largest absolute Gasteiger partial charge is 0.490 e. The molecule has 0 unspecified atom stereocenters. The highest BCUT2D eigenvalue weighted by atomic mass is 16.5. The highest BCUT2D eigenvalue weighted by Gasteiger charge is 2.44. The van der Waals surface area contributed by atoms with Crippen LogP contribution in [-0.2, 0) is 6.54 Å². The van der Waals surface area contributed by atoms with Crippen LogP contribution in [0.15, 0.2) is 42.7 Å². The van der Waals surface area contributed by atoms with E-state index in [1.807, 2.05) is 17.9 Å². The van der Waals surface area contributed by atoms with Crippen LogP contribution in [0.4, 0.5) is 10.6 Å². The van der Waals surface area contributed by atoms with Gasteiger partial charge >= 0.3 is 6.03 Å². The van der Waals surface area contributed by atoms with Gasteiger partial charge in [-0.05, 0) is 83.4 Å². The number of likely N-dealkylation sites (tertiary alicyclic amines) is 3. The van der Waals surface area contributed by atoms with Gasteiger partial charge < -0.3 is 19.9 Å². The quantitative estimate of drug-likeness (QED) is 0.526. The molecule has 1 aromatic carbocycles. The van der Waals surface area contributed by atoms with Crippen LogP contribution in [0.1, 0.15) is 69.4 Å². The predicted molar refractivity (Wildman–Crippen MR) is 154 cm³/mol. The molecule has 1 aromatic heterocycles. The molecule has 3 aliphatic heterocycles. The van der Waals surface area contributed by atoms with Crippen LogP contribution < -0.4 is 10.1 Å². The summed E-state index contributed by atoms with van der Waals surface area (Å²) in [5.74, 6) is 1.73. The second-order valence-electron chi connectivity index (χ2n) is 12.3. The Bertz CT molecular complexity index is 1190. The number of ether oxygens (including phenoxy) is 1. The van der Waals surface area contributed by atoms with Gasteiger partial charge in [-0.1, -0.05) is 18.7 Å². The first-order valence-electron chi connectivity index (χ1n) is 14.9. The van der Waals surface area contributed by atoms with Crippen molar-refractivity contribution in [1.29, 1.82) is 0 Å². The Morgan fingerprint density at radius 3 is 2.56 bits per heavy atom. The molecule has 0 radical (unpaired) electrons. The minimum Gasteiger partial charge on any atom is -0.490 e. The number of hydrogen-bond acceptors (Lipinski definition) is 6. The summed E-state index contributed by atoms with van der Waals surface area (Å²) in [6, 6.07) is 9.36. The van der Waals surface area contributed by atoms with Crippen molar-refractivity contribution in [3.63, 3.8) is 0 Å². The van der Waals surface area contributed by atoms with E-state index < -0.39 is 0 Å². The third-order valence-corrected chi connectivity index (χ3v) is 9.25. The van der Waals surface area contributed by atoms with Crippen molar-refractivity contribution in [1.82, 2.24) is 24.5 Å². The zero-order chi connectivity index (χ0) is 27.0. The average Bonchev–Trinajstić information content (AvgIpc) is 3.57. The zero-order valence-corrected chi connectivity index (χ0v) is 23.7. The number of nitrogens with zero attached hydrogens (tertiary/aromatic N) is 5. The lowest BCUT2D eigenvalue weighted by atomic mass is 9.84. The molecule has 1 aliphatic carbocycles. The topological polar surface area (TPSA) is 65.9 Å². The average molecular weight is 533 g/mol. The molecule has 39 heavy (non-hydrogen) atoms. The molecule has 4 fully saturated rings. The Kier molecular flexibility index (Phi) is 7.42. The van der Waals surface area contributed by atoms with E-state index in [1.54, 1.807) is 6.20 Å². The highest BCUT2D eigenvalue weighted by Crippen LogP contribution is 2.41. The van der Waals surface area contributed by atoms with Crippen LogP contribution in [0.3, 0.4) is 0 Å². The number of aromatic nitrogens is 2. The maximum Gasteiger partial charge on any atom is 0.344 e. The molecule has 1 saturated carbocycles. The Balaban J connectivity index is 1.08. The molecule has 8 heteroatoms. The van der Waals surface area contributed by atoms with Gasteiger partial charge in [-0.15, -0.1) is 5.10 Å². The van der Waals surface area contributed by atoms with Gasteiger partial charge in [0.2, 0.25) is 0 Å². The second kappa shape index (κ2) is 11.0. The smallest absolute Gasteiger partial charge is 0.344 e. The molecule has 1 spiro atoms. The Morgan fingerprint density at radius 1 is 1.08 bits per heavy atom. The number of anilines is 1. The van der Waals surface area contributed by atoms with Crippen molar-refractivity contribution < 1.29 is 9.53 Å². The molecule has 8 nitrogen and oxygen atoms in total. The molecule has 3 saturated heterocycles. The van der Waals surface area contributed by atoms with Crippen molar-refractivity contribution in [3.05, 3.63) is 53.9 Å². The van der Waals surface area contributed by atoms with Crippen LogP contribution in [0.25, 0.3) is 0 Å². The van der Waals surface area contributed by atoms with E-state index in [-0.39, 0.29) is 11.6 Å². The van der Waals surface area contributed by atoms with Crippen molar-refractivity contribution in [2.75, 3.05) is 38.0 Å². The highest BCUT2D eigenvalue weighted by molar-refractivity contribution is 5.76. The predicted octanol–water partition coefficient (Wildman–Crippen LogP) is 5.24. The summed E-state index contributed by atoms with van der Waals surface area (Å²) in [6.45, 7) is 13.8. The van der Waals surface area contributed by atoms with Gasteiger partial charge in [-0.3, -0.25) is 4.90 Å². The summed E-state index contributed by atoms with van der Waals surface area (Å²) in [4.78, 5) is 20.4. The van der Waals surface area contributed by atoms with E-state index >= 15 is 0 Å². The van der Waals surface area contributed by atoms with Crippen LogP contribution in [-0.4, -0.2) is 80.9 Å². The molecular weight excluding hydrogens is 488 g/mol. The number of aryl methyl sites for hydroxylation is 1. The van der Waals surface area contributed by atoms with Crippen molar-refractivity contribution in [2.24, 2.45) is 0 Å². The number of nitrogens with one attached hydrogen (secondary N) is 1.